The van der Waals surface area contributed by atoms with E-state index in [1.807, 2.05) is 12.1 Å². The first-order valence-corrected chi connectivity index (χ1v) is 6.79. The number of guanidine groups is 1. The van der Waals surface area contributed by atoms with E-state index in [1.165, 1.54) is 15.0 Å². The number of nitrogens with one attached hydrogen (secondary N) is 1. The normalized spacial score (nSPS) is 18.3. The molecule has 1 aromatic carbocycles. The number of aryl methyl sites for hydroxylation is 1. The minimum Gasteiger partial charge on any atom is -0.370 e. The van der Waals surface area contributed by atoms with Crippen LogP contribution in [-0.2, 0) is 0 Å². The fraction of sp³-hybridized carbons (Fsp3) is 0.154. The lowest BCUT2D eigenvalue weighted by Gasteiger charge is -2.18. The van der Waals surface area contributed by atoms with Gasteiger partial charge in [-0.3, -0.25) is 0 Å². The monoisotopic (exact) mass is 313 g/mol. The summed E-state index contributed by atoms with van der Waals surface area (Å²) < 4.78 is 1.25. The van der Waals surface area contributed by atoms with Gasteiger partial charge in [-0.1, -0.05) is 29.8 Å². The minimum atomic E-state index is -0.191. The molecule has 100 valence electrons. The van der Waals surface area contributed by atoms with Gasteiger partial charge in [0.25, 0.3) is 0 Å². The van der Waals surface area contributed by atoms with Crippen LogP contribution in [0.2, 0.25) is 0 Å². The number of rotatable bonds is 1. The second kappa shape index (κ2) is 5.41. The van der Waals surface area contributed by atoms with Crippen molar-refractivity contribution in [3.05, 3.63) is 45.9 Å². The van der Waals surface area contributed by atoms with Crippen LogP contribution in [0, 0.1) is 6.92 Å². The standard InChI is InChI=1S/C13H12ClN3S.ClH/c1-7-11(8-4-2-3-5-10(8)18-7)12-9(14)6-16-13(15)17-12;/h2-6,12H,1H3,(H3,15,16,17);1H. The molecule has 0 aliphatic carbocycles. The van der Waals surface area contributed by atoms with Gasteiger partial charge in [-0.2, -0.15) is 0 Å². The van der Waals surface area contributed by atoms with Crippen molar-refractivity contribution in [2.45, 2.75) is 13.0 Å². The van der Waals surface area contributed by atoms with E-state index in [0.717, 1.165) is 5.56 Å². The predicted octanol–water partition coefficient (Wildman–Crippen LogP) is 3.67. The smallest absolute Gasteiger partial charge is 0.193 e. The van der Waals surface area contributed by atoms with E-state index >= 15 is 0 Å². The zero-order valence-electron chi connectivity index (χ0n) is 10.2. The summed E-state index contributed by atoms with van der Waals surface area (Å²) in [5, 5.41) is 4.69. The molecule has 0 fully saturated rings. The molecule has 1 aliphatic rings. The highest BCUT2D eigenvalue weighted by atomic mass is 35.5. The van der Waals surface area contributed by atoms with Gasteiger partial charge in [-0.15, -0.1) is 23.7 Å². The van der Waals surface area contributed by atoms with Crippen LogP contribution in [-0.4, -0.2) is 5.96 Å². The number of hydrogen-bond donors (Lipinski definition) is 2. The highest BCUT2D eigenvalue weighted by Gasteiger charge is 2.23. The third-order valence-electron chi connectivity index (χ3n) is 2.98. The lowest BCUT2D eigenvalue weighted by Crippen LogP contribution is -2.31. The molecule has 0 saturated carbocycles. The van der Waals surface area contributed by atoms with Crippen molar-refractivity contribution >= 4 is 51.4 Å². The van der Waals surface area contributed by atoms with Crippen LogP contribution >= 0.6 is 35.3 Å². The maximum absolute atomic E-state index is 6.25. The number of hydrogen-bond acceptors (Lipinski definition) is 4. The predicted molar refractivity (Wildman–Crippen MR) is 85.2 cm³/mol. The summed E-state index contributed by atoms with van der Waals surface area (Å²) in [5.74, 6) is 0.402. The molecule has 2 aromatic rings. The Hall–Kier alpha value is -1.23. The van der Waals surface area contributed by atoms with Gasteiger partial charge in [0.1, 0.15) is 6.04 Å². The molecule has 1 unspecified atom stereocenters. The van der Waals surface area contributed by atoms with Crippen molar-refractivity contribution in [2.24, 2.45) is 10.7 Å². The number of fused-ring (bicyclic) bond motifs is 1. The Labute approximate surface area is 126 Å². The molecule has 1 aliphatic heterocycles. The largest absolute Gasteiger partial charge is 0.370 e. The van der Waals surface area contributed by atoms with Gasteiger partial charge in [-0.25, -0.2) is 4.99 Å². The second-order valence-electron chi connectivity index (χ2n) is 4.16. The van der Waals surface area contributed by atoms with E-state index in [2.05, 4.69) is 29.4 Å². The molecule has 0 radical (unpaired) electrons. The molecule has 3 N–H and O–H groups in total. The molecule has 6 heteroatoms. The minimum absolute atomic E-state index is 0. The second-order valence-corrected chi connectivity index (χ2v) is 5.85. The number of nitrogens with zero attached hydrogens (tertiary/aromatic N) is 1. The molecular weight excluding hydrogens is 301 g/mol. The van der Waals surface area contributed by atoms with Crippen molar-refractivity contribution in [1.82, 2.24) is 5.32 Å². The Bertz CT molecular complexity index is 676. The van der Waals surface area contributed by atoms with E-state index in [0.29, 0.717) is 11.0 Å². The fourth-order valence-electron chi connectivity index (χ4n) is 2.19. The summed E-state index contributed by atoms with van der Waals surface area (Å²) in [6.45, 7) is 2.10. The van der Waals surface area contributed by atoms with Crippen molar-refractivity contribution in [3.8, 4) is 0 Å². The van der Waals surface area contributed by atoms with Gasteiger partial charge in [0.05, 0.1) is 5.03 Å². The number of nitrogens with two attached hydrogens (primary N) is 1. The molecule has 0 saturated heterocycles. The molecule has 1 atom stereocenters. The number of benzene rings is 1. The van der Waals surface area contributed by atoms with Crippen molar-refractivity contribution in [2.75, 3.05) is 0 Å². The first kappa shape index (κ1) is 14.2. The van der Waals surface area contributed by atoms with Crippen LogP contribution < -0.4 is 11.1 Å². The lowest BCUT2D eigenvalue weighted by molar-refractivity contribution is 0.853. The van der Waals surface area contributed by atoms with Crippen molar-refractivity contribution in [1.29, 1.82) is 0 Å². The first-order valence-electron chi connectivity index (χ1n) is 5.60. The van der Waals surface area contributed by atoms with Gasteiger partial charge in [0, 0.05) is 21.3 Å². The highest BCUT2D eigenvalue weighted by Crippen LogP contribution is 2.40. The molecule has 3 rings (SSSR count). The van der Waals surface area contributed by atoms with Crippen molar-refractivity contribution in [3.63, 3.8) is 0 Å². The van der Waals surface area contributed by atoms with Crippen molar-refractivity contribution < 1.29 is 0 Å². The number of thiophene rings is 1. The van der Waals surface area contributed by atoms with Gasteiger partial charge >= 0.3 is 0 Å². The molecule has 1 aromatic heterocycles. The average Bonchev–Trinajstić information content (AvgIpc) is 2.68. The van der Waals surface area contributed by atoms with E-state index < -0.39 is 0 Å². The summed E-state index contributed by atoms with van der Waals surface area (Å²) >= 11 is 8.01. The first-order chi connectivity index (χ1) is 8.66. The third-order valence-corrected chi connectivity index (χ3v) is 4.40. The topological polar surface area (TPSA) is 50.4 Å². The summed E-state index contributed by atoms with van der Waals surface area (Å²) in [6.07, 6.45) is 1.71. The summed E-state index contributed by atoms with van der Waals surface area (Å²) in [4.78, 5) is 5.63. The molecule has 3 nitrogen and oxygen atoms in total. The third kappa shape index (κ3) is 2.43. The van der Waals surface area contributed by atoms with Crippen LogP contribution in [0.5, 0.6) is 0 Å². The average molecular weight is 314 g/mol. The Morgan fingerprint density at radius 2 is 2.11 bits per heavy atom. The van der Waals surface area contributed by atoms with E-state index in [4.69, 9.17) is 17.3 Å². The zero-order chi connectivity index (χ0) is 12.7. The Morgan fingerprint density at radius 1 is 1.37 bits per heavy atom. The van der Waals surface area contributed by atoms with Crippen LogP contribution in [0.15, 0.2) is 40.5 Å². The van der Waals surface area contributed by atoms with Crippen LogP contribution in [0.3, 0.4) is 0 Å². The number of halogens is 2. The summed E-state index contributed by atoms with van der Waals surface area (Å²) in [6, 6.07) is 8.10. The van der Waals surface area contributed by atoms with Crippen LogP contribution in [0.25, 0.3) is 10.1 Å². The van der Waals surface area contributed by atoms with Gasteiger partial charge < -0.3 is 11.1 Å². The summed E-state index contributed by atoms with van der Waals surface area (Å²) in [5.41, 5.74) is 6.88. The van der Waals surface area contributed by atoms with Crippen LogP contribution in [0.1, 0.15) is 16.5 Å². The Kier molecular flexibility index (Phi) is 4.04. The zero-order valence-corrected chi connectivity index (χ0v) is 12.6. The molecule has 0 spiro atoms. The van der Waals surface area contributed by atoms with Gasteiger partial charge in [-0.05, 0) is 18.4 Å². The van der Waals surface area contributed by atoms with Gasteiger partial charge in [0.15, 0.2) is 5.96 Å². The SMILES string of the molecule is Cc1sc2ccccc2c1C1N=C(N)NC=C1Cl.Cl. The Morgan fingerprint density at radius 3 is 2.89 bits per heavy atom. The van der Waals surface area contributed by atoms with E-state index in [-0.39, 0.29) is 18.4 Å². The maximum Gasteiger partial charge on any atom is 0.193 e. The number of aliphatic imine (C=N–C) groups is 1. The van der Waals surface area contributed by atoms with E-state index in [1.54, 1.807) is 17.5 Å². The fourth-order valence-corrected chi connectivity index (χ4v) is 3.50. The highest BCUT2D eigenvalue weighted by molar-refractivity contribution is 7.19. The molecular formula is C13H13Cl2N3S. The Balaban J connectivity index is 0.00000133. The molecule has 0 bridgehead atoms. The quantitative estimate of drug-likeness (QED) is 0.844. The maximum atomic E-state index is 6.25. The van der Waals surface area contributed by atoms with Crippen LogP contribution in [0.4, 0.5) is 0 Å². The van der Waals surface area contributed by atoms with Gasteiger partial charge in [0.2, 0.25) is 0 Å². The molecule has 2 heterocycles. The molecule has 19 heavy (non-hydrogen) atoms. The summed E-state index contributed by atoms with van der Waals surface area (Å²) in [7, 11) is 0. The van der Waals surface area contributed by atoms with E-state index in [9.17, 15) is 0 Å². The molecule has 0 amide bonds. The lowest BCUT2D eigenvalue weighted by atomic mass is 10.0.